The number of para-hydroxylation sites is 1. The van der Waals surface area contributed by atoms with Crippen LogP contribution in [-0.2, 0) is 0 Å². The average Bonchev–Trinajstić information content (AvgIpc) is 2.54. The Labute approximate surface area is 137 Å². The first kappa shape index (κ1) is 16.9. The van der Waals surface area contributed by atoms with Gasteiger partial charge in [0.1, 0.15) is 0 Å². The average molecular weight is 313 g/mol. The molecule has 1 amide bonds. The largest absolute Gasteiger partial charge is 0.490 e. The molecule has 0 aromatic heterocycles. The second-order valence-electron chi connectivity index (χ2n) is 5.62. The van der Waals surface area contributed by atoms with Crippen LogP contribution in [0.2, 0.25) is 0 Å². The van der Waals surface area contributed by atoms with Gasteiger partial charge in [0.25, 0.3) is 5.91 Å². The van der Waals surface area contributed by atoms with Crippen molar-refractivity contribution in [1.82, 2.24) is 0 Å². The molecule has 122 valence electrons. The van der Waals surface area contributed by atoms with Crippen molar-refractivity contribution in [1.29, 1.82) is 0 Å². The van der Waals surface area contributed by atoms with Gasteiger partial charge in [0.2, 0.25) is 0 Å². The highest BCUT2D eigenvalue weighted by molar-refractivity contribution is 6.04. The van der Waals surface area contributed by atoms with Crippen molar-refractivity contribution in [3.05, 3.63) is 54.1 Å². The van der Waals surface area contributed by atoms with Gasteiger partial charge < -0.3 is 14.8 Å². The molecule has 0 bridgehead atoms. The highest BCUT2D eigenvalue weighted by atomic mass is 16.5. The predicted octanol–water partition coefficient (Wildman–Crippen LogP) is 4.37. The molecule has 0 atom stereocenters. The van der Waals surface area contributed by atoms with Crippen LogP contribution < -0.4 is 14.8 Å². The molecule has 1 N–H and O–H groups in total. The number of amides is 1. The van der Waals surface area contributed by atoms with Crippen molar-refractivity contribution >= 4 is 11.6 Å². The lowest BCUT2D eigenvalue weighted by atomic mass is 10.1. The van der Waals surface area contributed by atoms with Crippen molar-refractivity contribution in [2.24, 2.45) is 5.92 Å². The number of ether oxygens (including phenoxy) is 2. The summed E-state index contributed by atoms with van der Waals surface area (Å²) in [7, 11) is 0. The quantitative estimate of drug-likeness (QED) is 0.825. The van der Waals surface area contributed by atoms with Crippen molar-refractivity contribution in [2.75, 3.05) is 18.5 Å². The molecule has 2 rings (SSSR count). The van der Waals surface area contributed by atoms with E-state index in [-0.39, 0.29) is 5.91 Å². The van der Waals surface area contributed by atoms with E-state index in [0.29, 0.717) is 36.2 Å². The van der Waals surface area contributed by atoms with E-state index in [1.54, 1.807) is 18.2 Å². The topological polar surface area (TPSA) is 47.6 Å². The Morgan fingerprint density at radius 2 is 1.78 bits per heavy atom. The van der Waals surface area contributed by atoms with Crippen LogP contribution in [0, 0.1) is 5.92 Å². The minimum Gasteiger partial charge on any atom is -0.490 e. The van der Waals surface area contributed by atoms with E-state index in [4.69, 9.17) is 9.47 Å². The number of hydrogen-bond donors (Lipinski definition) is 1. The summed E-state index contributed by atoms with van der Waals surface area (Å²) in [6.45, 7) is 7.20. The third-order valence-electron chi connectivity index (χ3n) is 3.11. The van der Waals surface area contributed by atoms with Gasteiger partial charge in [-0.05, 0) is 43.2 Å². The summed E-state index contributed by atoms with van der Waals surface area (Å²) in [5, 5.41) is 2.86. The van der Waals surface area contributed by atoms with Gasteiger partial charge in [-0.2, -0.15) is 0 Å². The summed E-state index contributed by atoms with van der Waals surface area (Å²) in [5.74, 6) is 1.50. The van der Waals surface area contributed by atoms with Crippen molar-refractivity contribution in [3.63, 3.8) is 0 Å². The second kappa shape index (κ2) is 8.22. The second-order valence-corrected chi connectivity index (χ2v) is 5.62. The molecular weight excluding hydrogens is 290 g/mol. The zero-order chi connectivity index (χ0) is 16.7. The molecule has 4 heteroatoms. The van der Waals surface area contributed by atoms with E-state index in [2.05, 4.69) is 19.2 Å². The Bertz CT molecular complexity index is 638. The van der Waals surface area contributed by atoms with Crippen molar-refractivity contribution in [2.45, 2.75) is 20.8 Å². The molecule has 0 heterocycles. The Kier molecular flexibility index (Phi) is 6.03. The van der Waals surface area contributed by atoms with E-state index < -0.39 is 0 Å². The summed E-state index contributed by atoms with van der Waals surface area (Å²) in [6.07, 6.45) is 0. The molecule has 0 aliphatic carbocycles. The maximum absolute atomic E-state index is 12.3. The van der Waals surface area contributed by atoms with Crippen molar-refractivity contribution < 1.29 is 14.3 Å². The summed E-state index contributed by atoms with van der Waals surface area (Å²) < 4.78 is 11.4. The van der Waals surface area contributed by atoms with Crippen molar-refractivity contribution in [3.8, 4) is 11.5 Å². The maximum atomic E-state index is 12.3. The SMILES string of the molecule is CCOc1cc(C(=O)Nc2ccccc2)ccc1OCC(C)C. The van der Waals surface area contributed by atoms with Crippen LogP contribution >= 0.6 is 0 Å². The van der Waals surface area contributed by atoms with E-state index >= 15 is 0 Å². The highest BCUT2D eigenvalue weighted by Gasteiger charge is 2.12. The lowest BCUT2D eigenvalue weighted by Crippen LogP contribution is -2.12. The molecule has 0 spiro atoms. The Balaban J connectivity index is 2.15. The van der Waals surface area contributed by atoms with Gasteiger partial charge in [-0.25, -0.2) is 0 Å². The van der Waals surface area contributed by atoms with Gasteiger partial charge in [0.05, 0.1) is 13.2 Å². The lowest BCUT2D eigenvalue weighted by molar-refractivity contribution is 0.102. The molecule has 0 saturated heterocycles. The molecule has 4 nitrogen and oxygen atoms in total. The third-order valence-corrected chi connectivity index (χ3v) is 3.11. The van der Waals surface area contributed by atoms with Crippen LogP contribution in [-0.4, -0.2) is 19.1 Å². The van der Waals surface area contributed by atoms with Gasteiger partial charge in [-0.3, -0.25) is 4.79 Å². The number of benzene rings is 2. The van der Waals surface area contributed by atoms with E-state index in [0.717, 1.165) is 5.69 Å². The zero-order valence-corrected chi connectivity index (χ0v) is 13.8. The summed E-state index contributed by atoms with van der Waals surface area (Å²) in [4.78, 5) is 12.3. The fraction of sp³-hybridized carbons (Fsp3) is 0.316. The fourth-order valence-corrected chi connectivity index (χ4v) is 2.02. The highest BCUT2D eigenvalue weighted by Crippen LogP contribution is 2.29. The van der Waals surface area contributed by atoms with Gasteiger partial charge in [0.15, 0.2) is 11.5 Å². The summed E-state index contributed by atoms with van der Waals surface area (Å²) in [5.41, 5.74) is 1.30. The fourth-order valence-electron chi connectivity index (χ4n) is 2.02. The molecule has 0 aliphatic rings. The van der Waals surface area contributed by atoms with Gasteiger partial charge in [-0.1, -0.05) is 32.0 Å². The monoisotopic (exact) mass is 313 g/mol. The minimum absolute atomic E-state index is 0.174. The Morgan fingerprint density at radius 3 is 2.43 bits per heavy atom. The first-order valence-electron chi connectivity index (χ1n) is 7.86. The van der Waals surface area contributed by atoms with Gasteiger partial charge in [-0.15, -0.1) is 0 Å². The lowest BCUT2D eigenvalue weighted by Gasteiger charge is -2.14. The molecule has 0 aliphatic heterocycles. The maximum Gasteiger partial charge on any atom is 0.255 e. The first-order chi connectivity index (χ1) is 11.1. The predicted molar refractivity (Wildman–Crippen MR) is 92.3 cm³/mol. The smallest absolute Gasteiger partial charge is 0.255 e. The Morgan fingerprint density at radius 1 is 1.04 bits per heavy atom. The minimum atomic E-state index is -0.174. The molecule has 0 radical (unpaired) electrons. The number of rotatable bonds is 7. The van der Waals surface area contributed by atoms with E-state index in [1.165, 1.54) is 0 Å². The number of hydrogen-bond acceptors (Lipinski definition) is 3. The summed E-state index contributed by atoms with van der Waals surface area (Å²) >= 11 is 0. The van der Waals surface area contributed by atoms with Crippen LogP contribution in [0.15, 0.2) is 48.5 Å². The Hall–Kier alpha value is -2.49. The number of carbonyl (C=O) groups is 1. The van der Waals surface area contributed by atoms with Crippen LogP contribution in [0.25, 0.3) is 0 Å². The first-order valence-corrected chi connectivity index (χ1v) is 7.86. The normalized spacial score (nSPS) is 10.4. The van der Waals surface area contributed by atoms with Gasteiger partial charge >= 0.3 is 0 Å². The van der Waals surface area contributed by atoms with Crippen LogP contribution in [0.5, 0.6) is 11.5 Å². The number of nitrogens with one attached hydrogen (secondary N) is 1. The molecule has 2 aromatic rings. The molecule has 0 unspecified atom stereocenters. The standard InChI is InChI=1S/C19H23NO3/c1-4-22-18-12-15(10-11-17(18)23-13-14(2)3)19(21)20-16-8-6-5-7-9-16/h5-12,14H,4,13H2,1-3H3,(H,20,21). The van der Waals surface area contributed by atoms with E-state index in [1.807, 2.05) is 37.3 Å². The van der Waals surface area contributed by atoms with Gasteiger partial charge in [0, 0.05) is 11.3 Å². The molecule has 0 fully saturated rings. The molecule has 2 aromatic carbocycles. The molecule has 23 heavy (non-hydrogen) atoms. The number of anilines is 1. The molecular formula is C19H23NO3. The zero-order valence-electron chi connectivity index (χ0n) is 13.8. The summed E-state index contributed by atoms with van der Waals surface area (Å²) in [6, 6.07) is 14.6. The van der Waals surface area contributed by atoms with Crippen LogP contribution in [0.3, 0.4) is 0 Å². The van der Waals surface area contributed by atoms with E-state index in [9.17, 15) is 4.79 Å². The third kappa shape index (κ3) is 5.02. The molecule has 0 saturated carbocycles. The van der Waals surface area contributed by atoms with Crippen LogP contribution in [0.4, 0.5) is 5.69 Å². The number of carbonyl (C=O) groups excluding carboxylic acids is 1. The van der Waals surface area contributed by atoms with Crippen LogP contribution in [0.1, 0.15) is 31.1 Å².